The van der Waals surface area contributed by atoms with Crippen molar-refractivity contribution < 1.29 is 9.63 Å². The summed E-state index contributed by atoms with van der Waals surface area (Å²) >= 11 is 11.8. The van der Waals surface area contributed by atoms with Gasteiger partial charge in [-0.05, 0) is 42.8 Å². The number of aromatic hydroxyl groups is 1. The zero-order valence-corrected chi connectivity index (χ0v) is 12.5. The van der Waals surface area contributed by atoms with Gasteiger partial charge in [-0.1, -0.05) is 34.4 Å². The molecular formula is C15H10Cl2N2O2. The van der Waals surface area contributed by atoms with Gasteiger partial charge in [0.2, 0.25) is 5.82 Å². The number of aromatic nitrogens is 2. The summed E-state index contributed by atoms with van der Waals surface area (Å²) in [6.07, 6.45) is 0. The topological polar surface area (TPSA) is 59.2 Å². The van der Waals surface area contributed by atoms with Crippen molar-refractivity contribution >= 4 is 23.2 Å². The molecule has 1 heterocycles. The van der Waals surface area contributed by atoms with Crippen LogP contribution in [0.4, 0.5) is 0 Å². The molecule has 0 aliphatic heterocycles. The molecule has 6 heteroatoms. The summed E-state index contributed by atoms with van der Waals surface area (Å²) in [5.41, 5.74) is 2.12. The highest BCUT2D eigenvalue weighted by atomic mass is 35.5. The van der Waals surface area contributed by atoms with Gasteiger partial charge >= 0.3 is 0 Å². The summed E-state index contributed by atoms with van der Waals surface area (Å²) in [6, 6.07) is 10.3. The second-order valence-electron chi connectivity index (χ2n) is 4.57. The lowest BCUT2D eigenvalue weighted by molar-refractivity contribution is 0.425. The molecule has 3 rings (SSSR count). The maximum absolute atomic E-state index is 9.94. The number of aryl methyl sites for hydroxylation is 1. The first-order chi connectivity index (χ1) is 10.0. The van der Waals surface area contributed by atoms with Crippen molar-refractivity contribution in [3.05, 3.63) is 52.0 Å². The van der Waals surface area contributed by atoms with Gasteiger partial charge in [0.05, 0.1) is 15.6 Å². The van der Waals surface area contributed by atoms with E-state index >= 15 is 0 Å². The molecule has 0 atom stereocenters. The molecule has 0 aliphatic rings. The fraction of sp³-hybridized carbons (Fsp3) is 0.0667. The number of rotatable bonds is 2. The second-order valence-corrected chi connectivity index (χ2v) is 5.39. The molecule has 0 amide bonds. The largest absolute Gasteiger partial charge is 0.507 e. The van der Waals surface area contributed by atoms with Crippen molar-refractivity contribution in [1.29, 1.82) is 0 Å². The Morgan fingerprint density at radius 2 is 1.86 bits per heavy atom. The summed E-state index contributed by atoms with van der Waals surface area (Å²) < 4.78 is 5.20. The number of halogens is 2. The van der Waals surface area contributed by atoms with Gasteiger partial charge in [0, 0.05) is 5.56 Å². The van der Waals surface area contributed by atoms with Crippen LogP contribution in [-0.4, -0.2) is 15.2 Å². The third kappa shape index (κ3) is 2.73. The van der Waals surface area contributed by atoms with Gasteiger partial charge < -0.3 is 9.63 Å². The molecule has 0 radical (unpaired) electrons. The molecule has 0 fully saturated rings. The molecule has 0 unspecified atom stereocenters. The Bertz CT molecular complexity index is 815. The molecule has 3 aromatic rings. The number of nitrogens with zero attached hydrogens (tertiary/aromatic N) is 2. The lowest BCUT2D eigenvalue weighted by Crippen LogP contribution is -1.83. The molecule has 0 saturated heterocycles. The third-order valence-electron chi connectivity index (χ3n) is 2.99. The Kier molecular flexibility index (Phi) is 3.57. The number of phenols is 1. The van der Waals surface area contributed by atoms with E-state index in [0.29, 0.717) is 27.0 Å². The first kappa shape index (κ1) is 13.9. The van der Waals surface area contributed by atoms with E-state index in [-0.39, 0.29) is 11.6 Å². The number of benzene rings is 2. The van der Waals surface area contributed by atoms with Crippen molar-refractivity contribution in [2.45, 2.75) is 6.92 Å². The third-order valence-corrected chi connectivity index (χ3v) is 3.73. The Hall–Kier alpha value is -2.04. The lowest BCUT2D eigenvalue weighted by Gasteiger charge is -2.00. The zero-order valence-electron chi connectivity index (χ0n) is 11.0. The highest BCUT2D eigenvalue weighted by Gasteiger charge is 2.14. The van der Waals surface area contributed by atoms with E-state index in [1.807, 2.05) is 13.0 Å². The van der Waals surface area contributed by atoms with E-state index in [4.69, 9.17) is 27.7 Å². The summed E-state index contributed by atoms with van der Waals surface area (Å²) in [5.74, 6) is 0.719. The minimum Gasteiger partial charge on any atom is -0.507 e. The predicted molar refractivity (Wildman–Crippen MR) is 81.6 cm³/mol. The minimum absolute atomic E-state index is 0.0966. The predicted octanol–water partition coefficient (Wildman–Crippen LogP) is 4.72. The molecule has 0 saturated carbocycles. The van der Waals surface area contributed by atoms with Crippen LogP contribution in [0.5, 0.6) is 5.75 Å². The van der Waals surface area contributed by atoms with Gasteiger partial charge in [0.25, 0.3) is 5.89 Å². The first-order valence-corrected chi connectivity index (χ1v) is 6.89. The zero-order chi connectivity index (χ0) is 15.0. The normalized spacial score (nSPS) is 10.8. The van der Waals surface area contributed by atoms with Crippen molar-refractivity contribution in [3.63, 3.8) is 0 Å². The first-order valence-electron chi connectivity index (χ1n) is 6.14. The van der Waals surface area contributed by atoms with Crippen LogP contribution in [0.25, 0.3) is 22.8 Å². The van der Waals surface area contributed by atoms with Crippen molar-refractivity contribution in [2.75, 3.05) is 0 Å². The maximum Gasteiger partial charge on any atom is 0.261 e. The van der Waals surface area contributed by atoms with Crippen LogP contribution in [0, 0.1) is 6.92 Å². The van der Waals surface area contributed by atoms with E-state index in [1.165, 1.54) is 0 Å². The van der Waals surface area contributed by atoms with Crippen LogP contribution in [0.3, 0.4) is 0 Å². The fourth-order valence-electron chi connectivity index (χ4n) is 1.91. The van der Waals surface area contributed by atoms with E-state index in [9.17, 15) is 5.11 Å². The molecule has 0 aliphatic carbocycles. The summed E-state index contributed by atoms with van der Waals surface area (Å²) in [5, 5.41) is 14.7. The number of hydrogen-bond donors (Lipinski definition) is 1. The van der Waals surface area contributed by atoms with Crippen molar-refractivity contribution in [3.8, 4) is 28.6 Å². The lowest BCUT2D eigenvalue weighted by atomic mass is 10.1. The molecule has 4 nitrogen and oxygen atoms in total. The highest BCUT2D eigenvalue weighted by molar-refractivity contribution is 6.42. The fourth-order valence-corrected chi connectivity index (χ4v) is 2.21. The quantitative estimate of drug-likeness (QED) is 0.741. The van der Waals surface area contributed by atoms with Gasteiger partial charge in [0.1, 0.15) is 5.75 Å². The van der Waals surface area contributed by atoms with Crippen LogP contribution < -0.4 is 0 Å². The molecule has 1 aromatic heterocycles. The highest BCUT2D eigenvalue weighted by Crippen LogP contribution is 2.31. The average Bonchev–Trinajstić information content (AvgIpc) is 2.91. The summed E-state index contributed by atoms with van der Waals surface area (Å²) in [4.78, 5) is 4.27. The SMILES string of the molecule is Cc1ccc(-c2nc(-c3ccc(Cl)c(Cl)c3)no2)c(O)c1. The molecular weight excluding hydrogens is 311 g/mol. The minimum atomic E-state index is 0.0966. The van der Waals surface area contributed by atoms with Gasteiger partial charge in [0.15, 0.2) is 0 Å². The summed E-state index contributed by atoms with van der Waals surface area (Å²) in [7, 11) is 0. The van der Waals surface area contributed by atoms with Crippen LogP contribution in [0.2, 0.25) is 10.0 Å². The van der Waals surface area contributed by atoms with Gasteiger partial charge in [-0.25, -0.2) is 0 Å². The molecule has 2 aromatic carbocycles. The van der Waals surface area contributed by atoms with Crippen LogP contribution in [0.15, 0.2) is 40.9 Å². The smallest absolute Gasteiger partial charge is 0.261 e. The Balaban J connectivity index is 2.01. The average molecular weight is 321 g/mol. The Morgan fingerprint density at radius 3 is 2.57 bits per heavy atom. The van der Waals surface area contributed by atoms with Crippen molar-refractivity contribution in [1.82, 2.24) is 10.1 Å². The van der Waals surface area contributed by atoms with Gasteiger partial charge in [-0.15, -0.1) is 0 Å². The summed E-state index contributed by atoms with van der Waals surface area (Å²) in [6.45, 7) is 1.89. The molecule has 21 heavy (non-hydrogen) atoms. The van der Waals surface area contributed by atoms with E-state index in [2.05, 4.69) is 10.1 Å². The van der Waals surface area contributed by atoms with Crippen molar-refractivity contribution in [2.24, 2.45) is 0 Å². The van der Waals surface area contributed by atoms with Crippen LogP contribution >= 0.6 is 23.2 Å². The van der Waals surface area contributed by atoms with E-state index < -0.39 is 0 Å². The van der Waals surface area contributed by atoms with E-state index in [1.54, 1.807) is 30.3 Å². The number of phenolic OH excluding ortho intramolecular Hbond substituents is 1. The second kappa shape index (κ2) is 5.39. The Morgan fingerprint density at radius 1 is 1.05 bits per heavy atom. The number of hydrogen-bond acceptors (Lipinski definition) is 4. The Labute approximate surface area is 130 Å². The van der Waals surface area contributed by atoms with Crippen LogP contribution in [0.1, 0.15) is 5.56 Å². The maximum atomic E-state index is 9.94. The van der Waals surface area contributed by atoms with E-state index in [0.717, 1.165) is 5.56 Å². The van der Waals surface area contributed by atoms with Crippen LogP contribution in [-0.2, 0) is 0 Å². The molecule has 0 bridgehead atoms. The monoisotopic (exact) mass is 320 g/mol. The molecule has 1 N–H and O–H groups in total. The molecule has 106 valence electrons. The van der Waals surface area contributed by atoms with Gasteiger partial charge in [-0.2, -0.15) is 4.98 Å². The molecule has 0 spiro atoms. The van der Waals surface area contributed by atoms with Gasteiger partial charge in [-0.3, -0.25) is 0 Å². The standard InChI is InChI=1S/C15H10Cl2N2O2/c1-8-2-4-10(13(20)6-8)15-18-14(19-21-15)9-3-5-11(16)12(17)7-9/h2-7,20H,1H3.